The summed E-state index contributed by atoms with van der Waals surface area (Å²) in [5, 5.41) is 25.8. The van der Waals surface area contributed by atoms with Crippen molar-refractivity contribution in [1.29, 1.82) is 0 Å². The summed E-state index contributed by atoms with van der Waals surface area (Å²) < 4.78 is 16.3. The number of phosphoric acid groups is 1. The van der Waals surface area contributed by atoms with Gasteiger partial charge in [0.1, 0.15) is 17.5 Å². The minimum atomic E-state index is -4.86. The smallest absolute Gasteiger partial charge is 0.488 e. The zero-order valence-electron chi connectivity index (χ0n) is 16.6. The molecule has 5 N–H and O–H groups in total. The Labute approximate surface area is 173 Å². The van der Waals surface area contributed by atoms with E-state index in [4.69, 9.17) is 4.62 Å². The Bertz CT molecular complexity index is 1060. The number of nitrogens with one attached hydrogen (secondary N) is 1. The molecule has 2 aromatic carbocycles. The lowest BCUT2D eigenvalue weighted by molar-refractivity contribution is -0.130. The van der Waals surface area contributed by atoms with Crippen molar-refractivity contribution in [2.45, 2.75) is 45.1 Å². The standard InChI is InChI=1S/C20H24N3O6P/c1-11(2)15-9-16(18(25)10-17(15)24)19-20(23(22-21-19)29-30(26,27)28)14-7-6-12-4-3-5-13(12)8-14/h6-11,20,22,24-25H,3-5H2,1-2H3,(H2,26,27,28). The monoisotopic (exact) mass is 433 g/mol. The molecule has 0 spiro atoms. The summed E-state index contributed by atoms with van der Waals surface area (Å²) in [6.07, 6.45) is 2.98. The molecule has 0 bridgehead atoms. The van der Waals surface area contributed by atoms with Gasteiger partial charge in [-0.15, -0.1) is 0 Å². The minimum absolute atomic E-state index is 0.0137. The van der Waals surface area contributed by atoms with E-state index in [1.54, 1.807) is 6.07 Å². The molecular weight excluding hydrogens is 409 g/mol. The highest BCUT2D eigenvalue weighted by Crippen LogP contribution is 2.43. The van der Waals surface area contributed by atoms with Gasteiger partial charge in [-0.1, -0.05) is 37.2 Å². The highest BCUT2D eigenvalue weighted by atomic mass is 31.2. The number of hydroxylamine groups is 1. The van der Waals surface area contributed by atoms with Gasteiger partial charge in [-0.05, 0) is 53.5 Å². The van der Waals surface area contributed by atoms with Gasteiger partial charge < -0.3 is 20.0 Å². The maximum absolute atomic E-state index is 11.5. The summed E-state index contributed by atoms with van der Waals surface area (Å²) >= 11 is 0. The number of hydrogen-bond donors (Lipinski definition) is 5. The first-order valence-electron chi connectivity index (χ1n) is 9.69. The Balaban J connectivity index is 1.81. The van der Waals surface area contributed by atoms with Gasteiger partial charge in [0.15, 0.2) is 0 Å². The molecule has 0 saturated heterocycles. The second kappa shape index (κ2) is 7.68. The number of hydrazone groups is 1. The summed E-state index contributed by atoms with van der Waals surface area (Å²) in [5.41, 5.74) is 6.92. The average Bonchev–Trinajstić information content (AvgIpc) is 3.26. The molecule has 0 aromatic heterocycles. The lowest BCUT2D eigenvalue weighted by Gasteiger charge is -2.24. The third-order valence-electron chi connectivity index (χ3n) is 5.44. The summed E-state index contributed by atoms with van der Waals surface area (Å²) in [4.78, 5) is 18.7. The van der Waals surface area contributed by atoms with Gasteiger partial charge in [0.2, 0.25) is 0 Å². The Morgan fingerprint density at radius 1 is 1.13 bits per heavy atom. The maximum Gasteiger partial charge on any atom is 0.488 e. The van der Waals surface area contributed by atoms with Crippen LogP contribution in [-0.4, -0.2) is 30.9 Å². The topological polar surface area (TPSA) is 135 Å². The van der Waals surface area contributed by atoms with E-state index in [2.05, 4.69) is 10.6 Å². The zero-order valence-corrected chi connectivity index (χ0v) is 17.5. The molecule has 1 unspecified atom stereocenters. The van der Waals surface area contributed by atoms with Gasteiger partial charge in [-0.25, -0.2) is 10.1 Å². The average molecular weight is 433 g/mol. The number of phenolic OH excluding ortho intramolecular Hbond substituents is 2. The molecular formula is C20H24N3O6P. The van der Waals surface area contributed by atoms with Crippen LogP contribution in [0.5, 0.6) is 11.5 Å². The second-order valence-corrected chi connectivity index (χ2v) is 9.01. The molecule has 30 heavy (non-hydrogen) atoms. The van der Waals surface area contributed by atoms with Crippen molar-refractivity contribution < 1.29 is 29.2 Å². The number of hydrazine groups is 1. The number of rotatable bonds is 5. The van der Waals surface area contributed by atoms with Crippen LogP contribution < -0.4 is 5.53 Å². The number of aromatic hydroxyl groups is 2. The van der Waals surface area contributed by atoms with E-state index in [0.29, 0.717) is 22.4 Å². The fraction of sp³-hybridized carbons (Fsp3) is 0.350. The highest BCUT2D eigenvalue weighted by Gasteiger charge is 2.39. The number of aryl methyl sites for hydroxylation is 2. The second-order valence-electron chi connectivity index (χ2n) is 7.86. The molecule has 0 radical (unpaired) electrons. The van der Waals surface area contributed by atoms with Crippen LogP contribution in [0.15, 0.2) is 35.4 Å². The van der Waals surface area contributed by atoms with E-state index in [-0.39, 0.29) is 17.4 Å². The molecule has 0 amide bonds. The predicted octanol–water partition coefficient (Wildman–Crippen LogP) is 3.00. The van der Waals surface area contributed by atoms with Gasteiger partial charge >= 0.3 is 7.82 Å². The van der Waals surface area contributed by atoms with Gasteiger partial charge in [0.25, 0.3) is 0 Å². The van der Waals surface area contributed by atoms with Crippen LogP contribution in [0.1, 0.15) is 60.0 Å². The molecule has 10 heteroatoms. The summed E-state index contributed by atoms with van der Waals surface area (Å²) in [6.45, 7) is 3.82. The quantitative estimate of drug-likeness (QED) is 0.454. The summed E-state index contributed by atoms with van der Waals surface area (Å²) in [5.74, 6) is -0.239. The van der Waals surface area contributed by atoms with Crippen molar-refractivity contribution in [1.82, 2.24) is 10.7 Å². The Morgan fingerprint density at radius 3 is 2.57 bits per heavy atom. The molecule has 1 aliphatic heterocycles. The summed E-state index contributed by atoms with van der Waals surface area (Å²) in [6, 6.07) is 7.91. The number of hydrogen-bond acceptors (Lipinski definition) is 7. The van der Waals surface area contributed by atoms with Crippen molar-refractivity contribution >= 4 is 13.5 Å². The van der Waals surface area contributed by atoms with E-state index in [9.17, 15) is 24.6 Å². The first-order chi connectivity index (χ1) is 14.1. The molecule has 2 aromatic rings. The van der Waals surface area contributed by atoms with Crippen LogP contribution in [0.3, 0.4) is 0 Å². The largest absolute Gasteiger partial charge is 0.508 e. The van der Waals surface area contributed by atoms with Crippen molar-refractivity contribution in [3.63, 3.8) is 0 Å². The SMILES string of the molecule is CC(C)c1cc(C2=NNN(OP(=O)(O)O)C2c2ccc3c(c2)CCC3)c(O)cc1O. The molecule has 160 valence electrons. The summed E-state index contributed by atoms with van der Waals surface area (Å²) in [7, 11) is -4.86. The molecule has 0 saturated carbocycles. The van der Waals surface area contributed by atoms with Crippen LogP contribution in [0.25, 0.3) is 0 Å². The van der Waals surface area contributed by atoms with Gasteiger partial charge in [0, 0.05) is 11.6 Å². The molecule has 2 aliphatic rings. The number of phenols is 2. The maximum atomic E-state index is 11.5. The lowest BCUT2D eigenvalue weighted by atomic mass is 9.91. The Kier molecular flexibility index (Phi) is 5.34. The van der Waals surface area contributed by atoms with Crippen LogP contribution in [0.4, 0.5) is 0 Å². The van der Waals surface area contributed by atoms with E-state index in [1.807, 2.05) is 32.0 Å². The predicted molar refractivity (Wildman–Crippen MR) is 110 cm³/mol. The number of benzene rings is 2. The molecule has 1 atom stereocenters. The molecule has 1 aliphatic carbocycles. The molecule has 1 heterocycles. The van der Waals surface area contributed by atoms with Crippen molar-refractivity contribution in [3.05, 3.63) is 58.1 Å². The zero-order chi connectivity index (χ0) is 21.6. The van der Waals surface area contributed by atoms with E-state index in [0.717, 1.165) is 24.4 Å². The molecule has 9 nitrogen and oxygen atoms in total. The van der Waals surface area contributed by atoms with Crippen molar-refractivity contribution in [2.24, 2.45) is 5.10 Å². The van der Waals surface area contributed by atoms with Gasteiger partial charge in [0.05, 0.1) is 5.71 Å². The number of fused-ring (bicyclic) bond motifs is 1. The van der Waals surface area contributed by atoms with Gasteiger partial charge in [-0.2, -0.15) is 9.73 Å². The number of nitrogens with zero attached hydrogens (tertiary/aromatic N) is 2. The molecule has 4 rings (SSSR count). The Morgan fingerprint density at radius 2 is 1.87 bits per heavy atom. The van der Waals surface area contributed by atoms with Gasteiger partial charge in [-0.3, -0.25) is 0 Å². The van der Waals surface area contributed by atoms with E-state index < -0.39 is 13.9 Å². The fourth-order valence-electron chi connectivity index (χ4n) is 4.04. The van der Waals surface area contributed by atoms with Crippen LogP contribution >= 0.6 is 7.82 Å². The van der Waals surface area contributed by atoms with Crippen LogP contribution in [-0.2, 0) is 22.0 Å². The third-order valence-corrected chi connectivity index (χ3v) is 5.83. The third kappa shape index (κ3) is 3.95. The highest BCUT2D eigenvalue weighted by molar-refractivity contribution is 7.46. The Hall–Kier alpha value is -2.42. The minimum Gasteiger partial charge on any atom is -0.508 e. The normalized spacial score (nSPS) is 19.1. The van der Waals surface area contributed by atoms with Crippen LogP contribution in [0.2, 0.25) is 0 Å². The van der Waals surface area contributed by atoms with Crippen LogP contribution in [0, 0.1) is 0 Å². The fourth-order valence-corrected chi connectivity index (χ4v) is 4.40. The first kappa shape index (κ1) is 20.8. The molecule has 0 fully saturated rings. The van der Waals surface area contributed by atoms with E-state index in [1.165, 1.54) is 17.2 Å². The van der Waals surface area contributed by atoms with Crippen molar-refractivity contribution in [3.8, 4) is 11.5 Å². The lowest BCUT2D eigenvalue weighted by Crippen LogP contribution is -2.34. The van der Waals surface area contributed by atoms with E-state index >= 15 is 0 Å². The van der Waals surface area contributed by atoms with Crippen molar-refractivity contribution in [2.75, 3.05) is 0 Å². The first-order valence-corrected chi connectivity index (χ1v) is 11.2.